The second-order valence-electron chi connectivity index (χ2n) is 10.8. The maximum Gasteiger partial charge on any atom is 0.255 e. The first kappa shape index (κ1) is 29.9. The zero-order valence-corrected chi connectivity index (χ0v) is 25.0. The Labute approximate surface area is 253 Å². The number of benzene rings is 2. The van der Waals surface area contributed by atoms with E-state index >= 15 is 0 Å². The normalized spacial score (nSPS) is 13.7. The number of ether oxygens (including phenoxy) is 1. The molecule has 0 aliphatic carbocycles. The Morgan fingerprint density at radius 1 is 0.977 bits per heavy atom. The summed E-state index contributed by atoms with van der Waals surface area (Å²) < 4.78 is 6.94. The molecule has 2 aromatic carbocycles. The number of rotatable bonds is 10. The molecule has 1 aliphatic heterocycles. The maximum absolute atomic E-state index is 13.0. The number of anilines is 3. The first-order valence-electron chi connectivity index (χ1n) is 14.5. The first-order chi connectivity index (χ1) is 20.9. The Hall–Kier alpha value is -4.56. The lowest BCUT2D eigenvalue weighted by Crippen LogP contribution is -2.43. The number of nitrogens with zero attached hydrogens (tertiary/aromatic N) is 6. The predicted octanol–water partition coefficient (Wildman–Crippen LogP) is 4.16. The Bertz CT molecular complexity index is 1560. The van der Waals surface area contributed by atoms with Crippen LogP contribution in [0.25, 0.3) is 0 Å². The molecule has 222 valence electrons. The summed E-state index contributed by atoms with van der Waals surface area (Å²) in [5.41, 5.74) is 5.81. The Kier molecular flexibility index (Phi) is 10.1. The number of carbonyl (C=O) groups is 1. The van der Waals surface area contributed by atoms with Gasteiger partial charge in [0.15, 0.2) is 0 Å². The van der Waals surface area contributed by atoms with Crippen LogP contribution in [0.4, 0.5) is 17.3 Å². The molecule has 1 saturated heterocycles. The van der Waals surface area contributed by atoms with Crippen molar-refractivity contribution in [2.75, 3.05) is 57.6 Å². The third-order valence-corrected chi connectivity index (χ3v) is 7.33. The molecule has 10 heteroatoms. The standard InChI is InChI=1S/C33H38N8O2/c1-25-5-9-29(32(42)37-30-11-7-26(8-12-30)23-40-16-14-39(2)15-17-40)19-28(25)10-6-27-20-34-33(35-21-27)38-31-22-36-41(24-31)13-4-18-43-3/h5,7-9,11-12,19-22,24H,4,13-18,23H2,1-3H3,(H,37,42)(H,34,35,38). The van der Waals surface area contributed by atoms with Crippen LogP contribution in [0.5, 0.6) is 0 Å². The number of piperazine rings is 1. The summed E-state index contributed by atoms with van der Waals surface area (Å²) in [4.78, 5) is 26.6. The molecule has 2 N–H and O–H groups in total. The van der Waals surface area contributed by atoms with Crippen molar-refractivity contribution in [3.8, 4) is 11.8 Å². The fourth-order valence-electron chi connectivity index (χ4n) is 4.71. The van der Waals surface area contributed by atoms with E-state index in [1.165, 1.54) is 5.56 Å². The molecule has 0 bridgehead atoms. The maximum atomic E-state index is 13.0. The van der Waals surface area contributed by atoms with Crippen LogP contribution in [0.15, 0.2) is 67.3 Å². The molecule has 0 spiro atoms. The van der Waals surface area contributed by atoms with Crippen LogP contribution in [0, 0.1) is 18.8 Å². The Morgan fingerprint density at radius 3 is 2.49 bits per heavy atom. The highest BCUT2D eigenvalue weighted by Crippen LogP contribution is 2.16. The first-order valence-corrected chi connectivity index (χ1v) is 14.5. The summed E-state index contributed by atoms with van der Waals surface area (Å²) in [7, 11) is 3.85. The minimum Gasteiger partial charge on any atom is -0.385 e. The number of amides is 1. The van der Waals surface area contributed by atoms with Gasteiger partial charge in [0.1, 0.15) is 0 Å². The topological polar surface area (TPSA) is 100 Å². The van der Waals surface area contributed by atoms with Gasteiger partial charge in [-0.25, -0.2) is 9.97 Å². The molecule has 4 aromatic rings. The van der Waals surface area contributed by atoms with Gasteiger partial charge in [-0.3, -0.25) is 14.4 Å². The van der Waals surface area contributed by atoms with E-state index in [4.69, 9.17) is 4.74 Å². The van der Waals surface area contributed by atoms with Crippen LogP contribution in [0.3, 0.4) is 0 Å². The average molecular weight is 579 g/mol. The van der Waals surface area contributed by atoms with Crippen LogP contribution in [-0.2, 0) is 17.8 Å². The van der Waals surface area contributed by atoms with Crippen molar-refractivity contribution >= 4 is 23.2 Å². The summed E-state index contributed by atoms with van der Waals surface area (Å²) in [5, 5.41) is 10.5. The van der Waals surface area contributed by atoms with Gasteiger partial charge in [0.05, 0.1) is 17.4 Å². The molecule has 0 radical (unpaired) electrons. The van der Waals surface area contributed by atoms with Gasteiger partial charge in [-0.1, -0.05) is 30.0 Å². The molecule has 0 saturated carbocycles. The summed E-state index contributed by atoms with van der Waals surface area (Å²) in [6.07, 6.45) is 7.87. The van der Waals surface area contributed by atoms with Crippen molar-refractivity contribution in [3.05, 3.63) is 95.1 Å². The van der Waals surface area contributed by atoms with E-state index in [0.717, 1.165) is 68.2 Å². The molecule has 1 aliphatic rings. The molecule has 0 unspecified atom stereocenters. The number of aryl methyl sites for hydroxylation is 2. The summed E-state index contributed by atoms with van der Waals surface area (Å²) in [5.74, 6) is 6.58. The molecule has 3 heterocycles. The number of methoxy groups -OCH3 is 1. The van der Waals surface area contributed by atoms with Crippen molar-refractivity contribution in [1.29, 1.82) is 0 Å². The van der Waals surface area contributed by atoms with Gasteiger partial charge >= 0.3 is 0 Å². The number of carbonyl (C=O) groups excluding carboxylic acids is 1. The monoisotopic (exact) mass is 578 g/mol. The fraction of sp³-hybridized carbons (Fsp3) is 0.333. The highest BCUT2D eigenvalue weighted by molar-refractivity contribution is 6.04. The third kappa shape index (κ3) is 8.72. The Balaban J connectivity index is 1.16. The van der Waals surface area contributed by atoms with Gasteiger partial charge in [0.2, 0.25) is 5.95 Å². The van der Waals surface area contributed by atoms with E-state index in [1.807, 2.05) is 48.1 Å². The number of hydrogen-bond acceptors (Lipinski definition) is 8. The second-order valence-corrected chi connectivity index (χ2v) is 10.8. The van der Waals surface area contributed by atoms with Gasteiger partial charge in [0, 0.05) is 88.4 Å². The third-order valence-electron chi connectivity index (χ3n) is 7.33. The van der Waals surface area contributed by atoms with Gasteiger partial charge in [-0.15, -0.1) is 0 Å². The molecule has 0 atom stereocenters. The van der Waals surface area contributed by atoms with Gasteiger partial charge in [0.25, 0.3) is 5.91 Å². The lowest BCUT2D eigenvalue weighted by molar-refractivity contribution is 0.102. The number of aromatic nitrogens is 4. The van der Waals surface area contributed by atoms with Crippen molar-refractivity contribution in [2.45, 2.75) is 26.4 Å². The van der Waals surface area contributed by atoms with Crippen molar-refractivity contribution in [2.24, 2.45) is 0 Å². The van der Waals surface area contributed by atoms with Crippen LogP contribution in [-0.4, -0.2) is 82.4 Å². The van der Waals surface area contributed by atoms with Gasteiger partial charge in [-0.2, -0.15) is 5.10 Å². The lowest BCUT2D eigenvalue weighted by atomic mass is 10.0. The summed E-state index contributed by atoms with van der Waals surface area (Å²) in [6.45, 7) is 8.71. The number of hydrogen-bond donors (Lipinski definition) is 2. The summed E-state index contributed by atoms with van der Waals surface area (Å²) >= 11 is 0. The van der Waals surface area contributed by atoms with Crippen LogP contribution >= 0.6 is 0 Å². The van der Waals surface area contributed by atoms with E-state index in [1.54, 1.807) is 25.7 Å². The van der Waals surface area contributed by atoms with E-state index in [9.17, 15) is 4.79 Å². The molecule has 1 fully saturated rings. The van der Waals surface area contributed by atoms with Gasteiger partial charge in [-0.05, 0) is 55.8 Å². The lowest BCUT2D eigenvalue weighted by Gasteiger charge is -2.32. The molecule has 1 amide bonds. The quantitative estimate of drug-likeness (QED) is 0.214. The molecular weight excluding hydrogens is 540 g/mol. The minimum absolute atomic E-state index is 0.171. The number of nitrogens with one attached hydrogen (secondary N) is 2. The Morgan fingerprint density at radius 2 is 1.74 bits per heavy atom. The van der Waals surface area contributed by atoms with Crippen molar-refractivity contribution in [1.82, 2.24) is 29.5 Å². The summed E-state index contributed by atoms with van der Waals surface area (Å²) in [6, 6.07) is 13.6. The molecule has 5 rings (SSSR count). The van der Waals surface area contributed by atoms with Crippen molar-refractivity contribution in [3.63, 3.8) is 0 Å². The molecular formula is C33H38N8O2. The van der Waals surface area contributed by atoms with Crippen LogP contribution in [0.2, 0.25) is 0 Å². The largest absolute Gasteiger partial charge is 0.385 e. The predicted molar refractivity (Wildman–Crippen MR) is 168 cm³/mol. The highest BCUT2D eigenvalue weighted by atomic mass is 16.5. The highest BCUT2D eigenvalue weighted by Gasteiger charge is 2.14. The van der Waals surface area contributed by atoms with E-state index < -0.39 is 0 Å². The second kappa shape index (κ2) is 14.6. The average Bonchev–Trinajstić information content (AvgIpc) is 3.46. The molecule has 10 nitrogen and oxygen atoms in total. The van der Waals surface area contributed by atoms with Crippen LogP contribution in [0.1, 0.15) is 39.0 Å². The van der Waals surface area contributed by atoms with E-state index in [0.29, 0.717) is 23.7 Å². The minimum atomic E-state index is -0.171. The number of likely N-dealkylation sites (N-methyl/N-ethyl adjacent to an activating group) is 1. The molecule has 43 heavy (non-hydrogen) atoms. The zero-order valence-electron chi connectivity index (χ0n) is 25.0. The SMILES string of the molecule is COCCCn1cc(Nc2ncc(C#Cc3cc(C(=O)Nc4ccc(CN5CCN(C)CC5)cc4)ccc3C)cn2)cn1. The molecule has 2 aromatic heterocycles. The fourth-order valence-corrected chi connectivity index (χ4v) is 4.71. The van der Waals surface area contributed by atoms with E-state index in [-0.39, 0.29) is 5.91 Å². The van der Waals surface area contributed by atoms with E-state index in [2.05, 4.69) is 66.5 Å². The zero-order chi connectivity index (χ0) is 30.0. The smallest absolute Gasteiger partial charge is 0.255 e. The van der Waals surface area contributed by atoms with Crippen molar-refractivity contribution < 1.29 is 9.53 Å². The van der Waals surface area contributed by atoms with Crippen LogP contribution < -0.4 is 10.6 Å². The van der Waals surface area contributed by atoms with Gasteiger partial charge < -0.3 is 20.3 Å².